The molecule has 18 heavy (non-hydrogen) atoms. The van der Waals surface area contributed by atoms with Crippen LogP contribution in [0.4, 0.5) is 0 Å². The van der Waals surface area contributed by atoms with E-state index in [-0.39, 0.29) is 25.3 Å². The maximum Gasteiger partial charge on any atom is 0.258 e. The molecule has 1 aromatic carbocycles. The number of aliphatic hydroxyl groups is 1. The Morgan fingerprint density at radius 1 is 1.33 bits per heavy atom. The van der Waals surface area contributed by atoms with E-state index >= 15 is 0 Å². The number of rotatable bonds is 3. The molecule has 0 bridgehead atoms. The molecule has 0 aliphatic carbocycles. The van der Waals surface area contributed by atoms with E-state index < -0.39 is 12.0 Å². The summed E-state index contributed by atoms with van der Waals surface area (Å²) in [7, 11) is 1.57. The number of likely N-dealkylation sites (tertiary alicyclic amines) is 1. The van der Waals surface area contributed by atoms with Gasteiger partial charge in [0, 0.05) is 6.42 Å². The maximum atomic E-state index is 11.7. The van der Waals surface area contributed by atoms with Crippen molar-refractivity contribution in [3.8, 4) is 5.75 Å². The smallest absolute Gasteiger partial charge is 0.258 e. The highest BCUT2D eigenvalue weighted by Gasteiger charge is 2.32. The summed E-state index contributed by atoms with van der Waals surface area (Å²) >= 11 is 0. The average Bonchev–Trinajstić information content (AvgIpc) is 2.40. The van der Waals surface area contributed by atoms with Gasteiger partial charge in [0.1, 0.15) is 11.9 Å². The van der Waals surface area contributed by atoms with Gasteiger partial charge in [0.05, 0.1) is 13.7 Å². The number of carbonyl (C=O) groups excluding carboxylic acids is 2. The van der Waals surface area contributed by atoms with Gasteiger partial charge in [-0.1, -0.05) is 12.1 Å². The molecule has 1 aliphatic rings. The topological polar surface area (TPSA) is 66.8 Å². The van der Waals surface area contributed by atoms with Crippen LogP contribution in [0.25, 0.3) is 0 Å². The first kappa shape index (κ1) is 12.6. The first-order valence-electron chi connectivity index (χ1n) is 5.77. The number of carbonyl (C=O) groups is 2. The van der Waals surface area contributed by atoms with Crippen LogP contribution in [-0.4, -0.2) is 35.0 Å². The summed E-state index contributed by atoms with van der Waals surface area (Å²) in [6, 6.07) is 7.12. The minimum atomic E-state index is -1.05. The van der Waals surface area contributed by atoms with Gasteiger partial charge in [0.15, 0.2) is 0 Å². The molecule has 5 heteroatoms. The van der Waals surface area contributed by atoms with Crippen LogP contribution in [-0.2, 0) is 16.1 Å². The summed E-state index contributed by atoms with van der Waals surface area (Å²) in [6.45, 7) is 0.193. The van der Waals surface area contributed by atoms with Gasteiger partial charge < -0.3 is 9.84 Å². The van der Waals surface area contributed by atoms with Crippen molar-refractivity contribution < 1.29 is 19.4 Å². The van der Waals surface area contributed by atoms with Gasteiger partial charge in [-0.25, -0.2) is 0 Å². The van der Waals surface area contributed by atoms with E-state index in [1.165, 1.54) is 0 Å². The number of amides is 2. The molecule has 1 aliphatic heterocycles. The van der Waals surface area contributed by atoms with E-state index in [2.05, 4.69) is 0 Å². The van der Waals surface area contributed by atoms with Crippen LogP contribution < -0.4 is 4.74 Å². The minimum Gasteiger partial charge on any atom is -0.497 e. The van der Waals surface area contributed by atoms with E-state index in [1.807, 2.05) is 0 Å². The summed E-state index contributed by atoms with van der Waals surface area (Å²) in [5.41, 5.74) is 0.826. The van der Waals surface area contributed by atoms with Crippen LogP contribution in [0.3, 0.4) is 0 Å². The summed E-state index contributed by atoms with van der Waals surface area (Å²) < 4.78 is 5.03. The third-order valence-electron chi connectivity index (χ3n) is 2.98. The number of benzene rings is 1. The first-order chi connectivity index (χ1) is 8.61. The monoisotopic (exact) mass is 249 g/mol. The molecule has 96 valence electrons. The molecule has 1 atom stereocenters. The first-order valence-corrected chi connectivity index (χ1v) is 5.77. The quantitative estimate of drug-likeness (QED) is 0.801. The molecule has 1 aromatic rings. The van der Waals surface area contributed by atoms with Gasteiger partial charge >= 0.3 is 0 Å². The highest BCUT2D eigenvalue weighted by Crippen LogP contribution is 2.18. The Balaban J connectivity index is 2.11. The lowest BCUT2D eigenvalue weighted by atomic mass is 10.1. The molecule has 0 spiro atoms. The third kappa shape index (κ3) is 2.51. The third-order valence-corrected chi connectivity index (χ3v) is 2.98. The SMILES string of the molecule is COc1ccc(CN2C(=O)CCC(O)C2=O)cc1. The fourth-order valence-electron chi connectivity index (χ4n) is 1.90. The Bertz CT molecular complexity index is 455. The number of ether oxygens (including phenoxy) is 1. The molecule has 1 N–H and O–H groups in total. The standard InChI is InChI=1S/C13H15NO4/c1-18-10-4-2-9(3-5-10)8-14-12(16)7-6-11(15)13(14)17/h2-5,11,15H,6-8H2,1H3. The molecule has 2 rings (SSSR count). The van der Waals surface area contributed by atoms with Crippen molar-refractivity contribution in [3.05, 3.63) is 29.8 Å². The summed E-state index contributed by atoms with van der Waals surface area (Å²) in [5.74, 6) is -0.0294. The van der Waals surface area contributed by atoms with Gasteiger partial charge in [0.25, 0.3) is 5.91 Å². The van der Waals surface area contributed by atoms with Crippen molar-refractivity contribution in [1.82, 2.24) is 4.90 Å². The number of nitrogens with zero attached hydrogens (tertiary/aromatic N) is 1. The van der Waals surface area contributed by atoms with Crippen molar-refractivity contribution in [2.45, 2.75) is 25.5 Å². The van der Waals surface area contributed by atoms with Crippen LogP contribution in [0.1, 0.15) is 18.4 Å². The van der Waals surface area contributed by atoms with E-state index in [1.54, 1.807) is 31.4 Å². The van der Waals surface area contributed by atoms with Crippen molar-refractivity contribution >= 4 is 11.8 Å². The molecule has 1 unspecified atom stereocenters. The Morgan fingerprint density at radius 2 is 2.00 bits per heavy atom. The molecule has 2 amide bonds. The molecule has 0 radical (unpaired) electrons. The predicted molar refractivity (Wildman–Crippen MR) is 63.8 cm³/mol. The lowest BCUT2D eigenvalue weighted by Gasteiger charge is -2.28. The molecule has 1 heterocycles. The van der Waals surface area contributed by atoms with E-state index in [0.29, 0.717) is 0 Å². The van der Waals surface area contributed by atoms with E-state index in [4.69, 9.17) is 4.74 Å². The number of hydrogen-bond donors (Lipinski definition) is 1. The fourth-order valence-corrected chi connectivity index (χ4v) is 1.90. The zero-order chi connectivity index (χ0) is 13.1. The average molecular weight is 249 g/mol. The van der Waals surface area contributed by atoms with Gasteiger partial charge in [0.2, 0.25) is 5.91 Å². The molecule has 1 fully saturated rings. The van der Waals surface area contributed by atoms with E-state index in [0.717, 1.165) is 16.2 Å². The van der Waals surface area contributed by atoms with Crippen molar-refractivity contribution in [2.24, 2.45) is 0 Å². The number of piperidine rings is 1. The highest BCUT2D eigenvalue weighted by molar-refractivity contribution is 5.99. The van der Waals surface area contributed by atoms with Crippen LogP contribution in [0, 0.1) is 0 Å². The largest absolute Gasteiger partial charge is 0.497 e. The second-order valence-electron chi connectivity index (χ2n) is 4.22. The summed E-state index contributed by atoms with van der Waals surface area (Å²) in [6.07, 6.45) is -0.624. The Kier molecular flexibility index (Phi) is 3.62. The number of aliphatic hydroxyl groups excluding tert-OH is 1. The van der Waals surface area contributed by atoms with Gasteiger partial charge in [-0.05, 0) is 24.1 Å². The summed E-state index contributed by atoms with van der Waals surface area (Å²) in [5, 5.41) is 9.46. The van der Waals surface area contributed by atoms with Crippen LogP contribution in [0.5, 0.6) is 5.75 Å². The van der Waals surface area contributed by atoms with Crippen LogP contribution in [0.2, 0.25) is 0 Å². The van der Waals surface area contributed by atoms with Gasteiger partial charge in [-0.15, -0.1) is 0 Å². The molecule has 5 nitrogen and oxygen atoms in total. The second kappa shape index (κ2) is 5.18. The molecular formula is C13H15NO4. The zero-order valence-corrected chi connectivity index (χ0v) is 10.1. The van der Waals surface area contributed by atoms with Gasteiger partial charge in [-0.2, -0.15) is 0 Å². The molecular weight excluding hydrogens is 234 g/mol. The lowest BCUT2D eigenvalue weighted by molar-refractivity contribution is -0.156. The normalized spacial score (nSPS) is 20.1. The molecule has 1 saturated heterocycles. The fraction of sp³-hybridized carbons (Fsp3) is 0.385. The second-order valence-corrected chi connectivity index (χ2v) is 4.22. The lowest BCUT2D eigenvalue weighted by Crippen LogP contribution is -2.47. The highest BCUT2D eigenvalue weighted by atomic mass is 16.5. The number of methoxy groups -OCH3 is 1. The Morgan fingerprint density at radius 3 is 2.61 bits per heavy atom. The molecule has 0 aromatic heterocycles. The minimum absolute atomic E-state index is 0.193. The van der Waals surface area contributed by atoms with Crippen molar-refractivity contribution in [3.63, 3.8) is 0 Å². The van der Waals surface area contributed by atoms with Crippen LogP contribution >= 0.6 is 0 Å². The molecule has 0 saturated carbocycles. The predicted octanol–water partition coefficient (Wildman–Crippen LogP) is 0.705. The van der Waals surface area contributed by atoms with E-state index in [9.17, 15) is 14.7 Å². The van der Waals surface area contributed by atoms with Crippen molar-refractivity contribution in [2.75, 3.05) is 7.11 Å². The van der Waals surface area contributed by atoms with Crippen molar-refractivity contribution in [1.29, 1.82) is 0 Å². The number of imide groups is 1. The Labute approximate surface area is 105 Å². The summed E-state index contributed by atoms with van der Waals surface area (Å²) in [4.78, 5) is 24.4. The Hall–Kier alpha value is -1.88. The van der Waals surface area contributed by atoms with Gasteiger partial charge in [-0.3, -0.25) is 14.5 Å². The number of hydrogen-bond acceptors (Lipinski definition) is 4. The zero-order valence-electron chi connectivity index (χ0n) is 10.1. The maximum absolute atomic E-state index is 11.7. The van der Waals surface area contributed by atoms with Crippen LogP contribution in [0.15, 0.2) is 24.3 Å².